The predicted octanol–water partition coefficient (Wildman–Crippen LogP) is 1.66. The predicted molar refractivity (Wildman–Crippen MR) is 72.3 cm³/mol. The van der Waals surface area contributed by atoms with E-state index in [9.17, 15) is 0 Å². The maximum Gasteiger partial charge on any atom is 0.169 e. The van der Waals surface area contributed by atoms with Crippen molar-refractivity contribution in [2.75, 3.05) is 53.5 Å². The summed E-state index contributed by atoms with van der Waals surface area (Å²) in [6.45, 7) is 13.1. The lowest BCUT2D eigenvalue weighted by atomic mass is 10.3. The summed E-state index contributed by atoms with van der Waals surface area (Å²) in [5.74, 6) is 0. The molecule has 0 aliphatic carbocycles. The van der Waals surface area contributed by atoms with E-state index in [1.165, 1.54) is 13.0 Å². The number of rotatable bonds is 11. The van der Waals surface area contributed by atoms with Gasteiger partial charge < -0.3 is 14.4 Å². The molecule has 0 fully saturated rings. The van der Waals surface area contributed by atoms with E-state index in [2.05, 4.69) is 30.6 Å². The van der Waals surface area contributed by atoms with Crippen LogP contribution in [0.2, 0.25) is 0 Å². The minimum absolute atomic E-state index is 0.108. The molecular formula is C13H30N2O2. The molecule has 0 aliphatic rings. The molecule has 0 aliphatic heterocycles. The van der Waals surface area contributed by atoms with Gasteiger partial charge in [0.15, 0.2) is 6.29 Å². The average molecular weight is 246 g/mol. The fraction of sp³-hybridized carbons (Fsp3) is 1.00. The molecule has 0 radical (unpaired) electrons. The number of hydrogen-bond acceptors (Lipinski definition) is 4. The molecule has 17 heavy (non-hydrogen) atoms. The third kappa shape index (κ3) is 7.71. The lowest BCUT2D eigenvalue weighted by Crippen LogP contribution is -2.36. The molecule has 0 amide bonds. The minimum Gasteiger partial charge on any atom is -0.355 e. The first-order chi connectivity index (χ1) is 8.21. The Morgan fingerprint density at radius 1 is 0.824 bits per heavy atom. The molecule has 0 saturated heterocycles. The molecule has 4 heteroatoms. The van der Waals surface area contributed by atoms with Crippen molar-refractivity contribution in [3.05, 3.63) is 0 Å². The van der Waals surface area contributed by atoms with Crippen LogP contribution < -0.4 is 0 Å². The summed E-state index contributed by atoms with van der Waals surface area (Å²) in [5.41, 5.74) is 0. The van der Waals surface area contributed by atoms with Crippen LogP contribution in [0.4, 0.5) is 0 Å². The van der Waals surface area contributed by atoms with Gasteiger partial charge in [0, 0.05) is 20.8 Å². The smallest absolute Gasteiger partial charge is 0.169 e. The van der Waals surface area contributed by atoms with Gasteiger partial charge in [-0.3, -0.25) is 4.90 Å². The third-order valence-electron chi connectivity index (χ3n) is 3.22. The fourth-order valence-electron chi connectivity index (χ4n) is 1.89. The Labute approximate surface area is 107 Å². The molecule has 0 saturated carbocycles. The quantitative estimate of drug-likeness (QED) is 0.518. The summed E-state index contributed by atoms with van der Waals surface area (Å²) < 4.78 is 10.5. The van der Waals surface area contributed by atoms with E-state index in [0.717, 1.165) is 32.7 Å². The largest absolute Gasteiger partial charge is 0.355 e. The van der Waals surface area contributed by atoms with Gasteiger partial charge in [-0.25, -0.2) is 0 Å². The first kappa shape index (κ1) is 16.8. The second-order valence-corrected chi connectivity index (χ2v) is 4.17. The van der Waals surface area contributed by atoms with Crippen molar-refractivity contribution in [1.82, 2.24) is 9.80 Å². The van der Waals surface area contributed by atoms with Crippen molar-refractivity contribution in [2.24, 2.45) is 0 Å². The number of methoxy groups -OCH3 is 2. The van der Waals surface area contributed by atoms with E-state index < -0.39 is 0 Å². The second kappa shape index (κ2) is 11.0. The molecule has 0 atom stereocenters. The Morgan fingerprint density at radius 3 is 1.71 bits per heavy atom. The zero-order chi connectivity index (χ0) is 13.1. The van der Waals surface area contributed by atoms with Crippen molar-refractivity contribution in [3.8, 4) is 0 Å². The molecule has 0 aromatic heterocycles. The molecule has 0 heterocycles. The summed E-state index contributed by atoms with van der Waals surface area (Å²) in [6, 6.07) is 0. The summed E-state index contributed by atoms with van der Waals surface area (Å²) in [5, 5.41) is 0. The van der Waals surface area contributed by atoms with Crippen LogP contribution in [-0.2, 0) is 9.47 Å². The Morgan fingerprint density at radius 2 is 1.29 bits per heavy atom. The zero-order valence-electron chi connectivity index (χ0n) is 12.2. The van der Waals surface area contributed by atoms with Gasteiger partial charge in [-0.2, -0.15) is 0 Å². The van der Waals surface area contributed by atoms with Gasteiger partial charge in [-0.1, -0.05) is 20.8 Å². The van der Waals surface area contributed by atoms with Gasteiger partial charge >= 0.3 is 0 Å². The van der Waals surface area contributed by atoms with E-state index in [-0.39, 0.29) is 6.29 Å². The van der Waals surface area contributed by atoms with Gasteiger partial charge in [0.05, 0.1) is 0 Å². The Bertz CT molecular complexity index is 159. The molecule has 0 unspecified atom stereocenters. The minimum atomic E-state index is -0.108. The van der Waals surface area contributed by atoms with E-state index in [1.807, 2.05) is 0 Å². The summed E-state index contributed by atoms with van der Waals surface area (Å²) >= 11 is 0. The van der Waals surface area contributed by atoms with Crippen molar-refractivity contribution >= 4 is 0 Å². The van der Waals surface area contributed by atoms with Crippen LogP contribution in [0.3, 0.4) is 0 Å². The molecule has 0 aromatic rings. The van der Waals surface area contributed by atoms with E-state index in [1.54, 1.807) is 14.2 Å². The van der Waals surface area contributed by atoms with E-state index in [0.29, 0.717) is 0 Å². The van der Waals surface area contributed by atoms with Crippen LogP contribution in [-0.4, -0.2) is 69.6 Å². The first-order valence-electron chi connectivity index (χ1n) is 6.71. The van der Waals surface area contributed by atoms with E-state index >= 15 is 0 Å². The lowest BCUT2D eigenvalue weighted by molar-refractivity contribution is -0.115. The first-order valence-corrected chi connectivity index (χ1v) is 6.71. The maximum atomic E-state index is 5.23. The molecule has 0 rings (SSSR count). The highest BCUT2D eigenvalue weighted by Crippen LogP contribution is 2.00. The van der Waals surface area contributed by atoms with Gasteiger partial charge in [0.25, 0.3) is 0 Å². The van der Waals surface area contributed by atoms with Crippen molar-refractivity contribution in [1.29, 1.82) is 0 Å². The van der Waals surface area contributed by atoms with E-state index in [4.69, 9.17) is 9.47 Å². The van der Waals surface area contributed by atoms with Crippen LogP contribution in [0, 0.1) is 0 Å². The number of ether oxygens (including phenoxy) is 2. The van der Waals surface area contributed by atoms with Crippen molar-refractivity contribution < 1.29 is 9.47 Å². The summed E-state index contributed by atoms with van der Waals surface area (Å²) in [7, 11) is 3.38. The Kier molecular flexibility index (Phi) is 10.9. The van der Waals surface area contributed by atoms with Crippen LogP contribution in [0.25, 0.3) is 0 Å². The number of hydrogen-bond donors (Lipinski definition) is 0. The number of likely N-dealkylation sites (N-methyl/N-ethyl adjacent to an activating group) is 1. The molecule has 104 valence electrons. The highest BCUT2D eigenvalue weighted by atomic mass is 16.7. The molecule has 0 bridgehead atoms. The maximum absolute atomic E-state index is 5.23. The molecular weight excluding hydrogens is 216 g/mol. The fourth-order valence-corrected chi connectivity index (χ4v) is 1.89. The standard InChI is InChI=1S/C13H30N2O2/c1-6-14(7-2)10-9-11-15(8-3)12-13(16-4)17-5/h13H,6-12H2,1-5H3. The van der Waals surface area contributed by atoms with Gasteiger partial charge in [-0.15, -0.1) is 0 Å². The Balaban J connectivity index is 3.81. The SMILES string of the molecule is CCN(CC)CCCN(CC)CC(OC)OC. The summed E-state index contributed by atoms with van der Waals surface area (Å²) in [6.07, 6.45) is 1.10. The van der Waals surface area contributed by atoms with Gasteiger partial charge in [0.1, 0.15) is 0 Å². The molecule has 0 N–H and O–H groups in total. The monoisotopic (exact) mass is 246 g/mol. The van der Waals surface area contributed by atoms with Crippen molar-refractivity contribution in [3.63, 3.8) is 0 Å². The highest BCUT2D eigenvalue weighted by molar-refractivity contribution is 4.60. The molecule has 0 aromatic carbocycles. The van der Waals surface area contributed by atoms with Crippen LogP contribution >= 0.6 is 0 Å². The second-order valence-electron chi connectivity index (χ2n) is 4.17. The van der Waals surface area contributed by atoms with Crippen LogP contribution in [0.1, 0.15) is 27.2 Å². The lowest BCUT2D eigenvalue weighted by Gasteiger charge is -2.26. The van der Waals surface area contributed by atoms with Crippen LogP contribution in [0.15, 0.2) is 0 Å². The summed E-state index contributed by atoms with van der Waals surface area (Å²) in [4.78, 5) is 4.83. The molecule has 0 spiro atoms. The third-order valence-corrected chi connectivity index (χ3v) is 3.22. The zero-order valence-corrected chi connectivity index (χ0v) is 12.2. The topological polar surface area (TPSA) is 24.9 Å². The van der Waals surface area contributed by atoms with Gasteiger partial charge in [-0.05, 0) is 39.1 Å². The van der Waals surface area contributed by atoms with Gasteiger partial charge in [0.2, 0.25) is 0 Å². The Hall–Kier alpha value is -0.160. The highest BCUT2D eigenvalue weighted by Gasteiger charge is 2.11. The number of nitrogens with zero attached hydrogens (tertiary/aromatic N) is 2. The van der Waals surface area contributed by atoms with Crippen molar-refractivity contribution in [2.45, 2.75) is 33.5 Å². The van der Waals surface area contributed by atoms with Crippen LogP contribution in [0.5, 0.6) is 0 Å². The molecule has 4 nitrogen and oxygen atoms in total. The average Bonchev–Trinajstić information content (AvgIpc) is 2.38. The normalized spacial score (nSPS) is 12.0.